The van der Waals surface area contributed by atoms with Gasteiger partial charge in [0.1, 0.15) is 18.3 Å². The van der Waals surface area contributed by atoms with Crippen molar-refractivity contribution in [2.75, 3.05) is 0 Å². The Morgan fingerprint density at radius 3 is 2.29 bits per heavy atom. The molecule has 1 aromatic carbocycles. The molecule has 0 bridgehead atoms. The lowest BCUT2D eigenvalue weighted by molar-refractivity contribution is -0.247. The molecule has 5 atom stereocenters. The lowest BCUT2D eigenvalue weighted by atomic mass is 9.94. The summed E-state index contributed by atoms with van der Waals surface area (Å²) in [7, 11) is 0. The van der Waals surface area contributed by atoms with Crippen molar-refractivity contribution in [3.05, 3.63) is 22.7 Å². The third-order valence-corrected chi connectivity index (χ3v) is 8.84. The molecular formula is C27H32ClN3O7. The largest absolute Gasteiger partial charge is 0.493 e. The molecule has 1 amide bonds. The molecule has 3 aliphatic heterocycles. The third kappa shape index (κ3) is 4.08. The summed E-state index contributed by atoms with van der Waals surface area (Å²) in [5.74, 6) is -2.29. The highest BCUT2D eigenvalue weighted by atomic mass is 35.5. The minimum atomic E-state index is -1.08. The number of nitrogens with zero attached hydrogens (tertiary/aromatic N) is 2. The van der Waals surface area contributed by atoms with E-state index in [-0.39, 0.29) is 11.6 Å². The van der Waals surface area contributed by atoms with Crippen molar-refractivity contribution in [3.8, 4) is 5.88 Å². The van der Waals surface area contributed by atoms with Crippen LogP contribution in [0.25, 0.3) is 10.9 Å². The van der Waals surface area contributed by atoms with Gasteiger partial charge in [-0.2, -0.15) is 0 Å². The first-order valence-corrected chi connectivity index (χ1v) is 14.1. The maximum absolute atomic E-state index is 13.5. The van der Waals surface area contributed by atoms with Crippen LogP contribution in [0.2, 0.25) is 5.02 Å². The second-order valence-electron chi connectivity index (χ2n) is 11.2. The van der Waals surface area contributed by atoms with Gasteiger partial charge >= 0.3 is 0 Å². The Hall–Kier alpha value is -2.08. The zero-order chi connectivity index (χ0) is 26.1. The van der Waals surface area contributed by atoms with Gasteiger partial charge in [0.25, 0.3) is 5.91 Å². The van der Waals surface area contributed by atoms with Crippen molar-refractivity contribution < 1.29 is 33.6 Å². The molecule has 0 radical (unpaired) electrons. The zero-order valence-electron chi connectivity index (χ0n) is 21.3. The number of halogens is 1. The van der Waals surface area contributed by atoms with E-state index >= 15 is 0 Å². The Bertz CT molecular complexity index is 1280. The van der Waals surface area contributed by atoms with Gasteiger partial charge in [0, 0.05) is 36.1 Å². The Morgan fingerprint density at radius 1 is 0.947 bits per heavy atom. The van der Waals surface area contributed by atoms with Crippen molar-refractivity contribution in [1.82, 2.24) is 4.98 Å². The van der Waals surface area contributed by atoms with E-state index in [0.29, 0.717) is 15.9 Å². The average molecular weight is 546 g/mol. The lowest BCUT2D eigenvalue weighted by Gasteiger charge is -2.35. The van der Waals surface area contributed by atoms with Crippen LogP contribution in [0.4, 0.5) is 5.69 Å². The molecule has 2 aliphatic carbocycles. The monoisotopic (exact) mass is 545 g/mol. The molecule has 1 aromatic heterocycles. The zero-order valence-corrected chi connectivity index (χ0v) is 22.0. The van der Waals surface area contributed by atoms with Crippen molar-refractivity contribution in [1.29, 1.82) is 0 Å². The number of hydrogen-bond acceptors (Lipinski definition) is 8. The molecule has 2 aromatic rings. The van der Waals surface area contributed by atoms with Crippen LogP contribution >= 0.6 is 11.6 Å². The predicted molar refractivity (Wildman–Crippen MR) is 135 cm³/mol. The molecule has 4 heterocycles. The standard InChI is InChI=1S/C27H32ClN3O7/c1-14-12-15(28)13-16-17(14)29-23(32)18(16)30-31-24(33)21-19-20(36-26(35-19)8-4-2-5-9-26)22-25(34-21)38-27(37-22)10-6-3-7-11-27/h12-13,19-22,25,29,32H,2-11H2,1H3/t19-,20+,21+,22+,25+/m0/s1. The Balaban J connectivity index is 1.19. The van der Waals surface area contributed by atoms with Crippen molar-refractivity contribution >= 4 is 34.1 Å². The fourth-order valence-electron chi connectivity index (χ4n) is 6.81. The maximum atomic E-state index is 13.5. The van der Waals surface area contributed by atoms with E-state index in [2.05, 4.69) is 15.2 Å². The normalized spacial score (nSPS) is 33.8. The summed E-state index contributed by atoms with van der Waals surface area (Å²) in [5, 5.41) is 19.6. The topological polar surface area (TPSA) is 124 Å². The van der Waals surface area contributed by atoms with E-state index < -0.39 is 48.2 Å². The number of carbonyl (C=O) groups excluding carboxylic acids is 1. The first-order valence-electron chi connectivity index (χ1n) is 13.7. The van der Waals surface area contributed by atoms with Crippen molar-refractivity contribution in [2.45, 2.75) is 113 Å². The number of benzene rings is 1. The first kappa shape index (κ1) is 24.9. The maximum Gasteiger partial charge on any atom is 0.296 e. The van der Waals surface area contributed by atoms with Gasteiger partial charge in [0.05, 0.1) is 5.52 Å². The van der Waals surface area contributed by atoms with Crippen LogP contribution in [0.3, 0.4) is 0 Å². The lowest BCUT2D eigenvalue weighted by Crippen LogP contribution is -2.57. The fraction of sp³-hybridized carbons (Fsp3) is 0.667. The summed E-state index contributed by atoms with van der Waals surface area (Å²) < 4.78 is 32.2. The molecule has 38 heavy (non-hydrogen) atoms. The van der Waals surface area contributed by atoms with Crippen LogP contribution in [0.5, 0.6) is 5.88 Å². The molecule has 0 unspecified atom stereocenters. The fourth-order valence-corrected chi connectivity index (χ4v) is 7.09. The number of aromatic nitrogens is 1. The molecule has 5 aliphatic rings. The highest BCUT2D eigenvalue weighted by Gasteiger charge is 2.65. The molecular weight excluding hydrogens is 514 g/mol. The average Bonchev–Trinajstić information content (AvgIpc) is 3.54. The van der Waals surface area contributed by atoms with Gasteiger partial charge in [-0.25, -0.2) is 0 Å². The number of azo groups is 1. The van der Waals surface area contributed by atoms with Gasteiger partial charge in [-0.3, -0.25) is 4.79 Å². The predicted octanol–water partition coefficient (Wildman–Crippen LogP) is 5.69. The van der Waals surface area contributed by atoms with Gasteiger partial charge in [0.15, 0.2) is 29.7 Å². The third-order valence-electron chi connectivity index (χ3n) is 8.62. The second kappa shape index (κ2) is 9.25. The van der Waals surface area contributed by atoms with Crippen LogP contribution in [0.1, 0.15) is 69.8 Å². The highest BCUT2D eigenvalue weighted by molar-refractivity contribution is 6.31. The first-order chi connectivity index (χ1) is 18.4. The molecule has 204 valence electrons. The van der Waals surface area contributed by atoms with E-state index in [1.165, 1.54) is 0 Å². The Labute approximate surface area is 225 Å². The molecule has 2 saturated carbocycles. The minimum Gasteiger partial charge on any atom is -0.493 e. The summed E-state index contributed by atoms with van der Waals surface area (Å²) in [5.41, 5.74) is 1.65. The number of aryl methyl sites for hydroxylation is 1. The number of aromatic amines is 1. The summed E-state index contributed by atoms with van der Waals surface area (Å²) in [4.78, 5) is 16.4. The molecule has 11 heteroatoms. The van der Waals surface area contributed by atoms with Gasteiger partial charge in [-0.05, 0) is 50.3 Å². The Kier molecular flexibility index (Phi) is 6.06. The van der Waals surface area contributed by atoms with Gasteiger partial charge in [0.2, 0.25) is 5.88 Å². The Morgan fingerprint density at radius 2 is 1.58 bits per heavy atom. The minimum absolute atomic E-state index is 0.137. The number of rotatable bonds is 2. The summed E-state index contributed by atoms with van der Waals surface area (Å²) >= 11 is 6.22. The van der Waals surface area contributed by atoms with Crippen molar-refractivity contribution in [2.24, 2.45) is 10.2 Å². The molecule has 2 N–H and O–H groups in total. The molecule has 7 rings (SSSR count). The molecule has 3 saturated heterocycles. The second-order valence-corrected chi connectivity index (χ2v) is 11.7. The molecule has 10 nitrogen and oxygen atoms in total. The number of hydrogen-bond donors (Lipinski definition) is 2. The number of amides is 1. The number of ether oxygens (including phenoxy) is 5. The number of fused-ring (bicyclic) bond motifs is 4. The molecule has 5 fully saturated rings. The van der Waals surface area contributed by atoms with E-state index in [1.54, 1.807) is 12.1 Å². The number of H-pyrrole nitrogens is 1. The molecule has 2 spiro atoms. The van der Waals surface area contributed by atoms with Gasteiger partial charge < -0.3 is 33.8 Å². The summed E-state index contributed by atoms with van der Waals surface area (Å²) in [6.07, 6.45) is 5.85. The van der Waals surface area contributed by atoms with Crippen LogP contribution in [0.15, 0.2) is 22.4 Å². The SMILES string of the molecule is Cc1cc(Cl)cc2c(N=NC(=O)[C@@H]3O[C@@H]4OC5(CCCCC5)O[C@@H]4[C@@H]4OC5(CCCCC5)O[C@@H]43)c(O)[nH]c12. The quantitative estimate of drug-likeness (QED) is 0.464. The number of nitrogens with one attached hydrogen (secondary N) is 1. The smallest absolute Gasteiger partial charge is 0.296 e. The van der Waals surface area contributed by atoms with Crippen LogP contribution in [0, 0.1) is 6.92 Å². The van der Waals surface area contributed by atoms with Crippen molar-refractivity contribution in [3.63, 3.8) is 0 Å². The summed E-state index contributed by atoms with van der Waals surface area (Å²) in [6.45, 7) is 1.87. The summed E-state index contributed by atoms with van der Waals surface area (Å²) in [6, 6.07) is 3.45. The number of carbonyl (C=O) groups is 1. The van der Waals surface area contributed by atoms with E-state index in [9.17, 15) is 9.90 Å². The number of aromatic hydroxyl groups is 1. The van der Waals surface area contributed by atoms with Gasteiger partial charge in [-0.1, -0.05) is 24.4 Å². The highest BCUT2D eigenvalue weighted by Crippen LogP contribution is 2.51. The van der Waals surface area contributed by atoms with E-state index in [4.69, 9.17) is 35.3 Å². The van der Waals surface area contributed by atoms with E-state index in [1.807, 2.05) is 6.92 Å². The van der Waals surface area contributed by atoms with E-state index in [0.717, 1.165) is 69.8 Å². The van der Waals surface area contributed by atoms with Gasteiger partial charge in [-0.15, -0.1) is 10.2 Å². The van der Waals surface area contributed by atoms with Crippen LogP contribution in [-0.2, 0) is 28.5 Å². The van der Waals surface area contributed by atoms with Crippen LogP contribution < -0.4 is 0 Å². The van der Waals surface area contributed by atoms with Crippen LogP contribution in [-0.4, -0.2) is 58.3 Å².